The van der Waals surface area contributed by atoms with Crippen LogP contribution in [0.25, 0.3) is 0 Å². The molecule has 7 heteroatoms. The van der Waals surface area contributed by atoms with Crippen molar-refractivity contribution in [1.82, 2.24) is 19.8 Å². The van der Waals surface area contributed by atoms with Gasteiger partial charge in [-0.15, -0.1) is 0 Å². The van der Waals surface area contributed by atoms with Gasteiger partial charge in [-0.1, -0.05) is 30.3 Å². The number of carbonyl (C=O) groups excluding carboxylic acids is 1. The zero-order valence-corrected chi connectivity index (χ0v) is 15.6. The van der Waals surface area contributed by atoms with E-state index in [0.29, 0.717) is 12.5 Å². The van der Waals surface area contributed by atoms with Crippen LogP contribution in [0.2, 0.25) is 0 Å². The van der Waals surface area contributed by atoms with E-state index >= 15 is 0 Å². The standard InChI is InChI=1S/C20H26N4O3/c1-23(18(25)11-17-12-21-20(27)22-19(17)26)13-16-7-9-24(10-8-16)14-15-5-3-2-4-6-15/h2-6,12,16H,7-11,13-14H2,1H3,(H2,21,22,26,27). The molecule has 0 bridgehead atoms. The van der Waals surface area contributed by atoms with E-state index in [4.69, 9.17) is 0 Å². The Kier molecular flexibility index (Phi) is 6.24. The molecule has 2 aromatic rings. The van der Waals surface area contributed by atoms with Gasteiger partial charge in [-0.2, -0.15) is 0 Å². The molecule has 2 heterocycles. The van der Waals surface area contributed by atoms with Crippen molar-refractivity contribution in [2.45, 2.75) is 25.8 Å². The Hall–Kier alpha value is -2.67. The van der Waals surface area contributed by atoms with E-state index in [9.17, 15) is 14.4 Å². The predicted octanol–water partition coefficient (Wildman–Crippen LogP) is 0.976. The normalized spacial score (nSPS) is 15.6. The second-order valence-corrected chi connectivity index (χ2v) is 7.25. The van der Waals surface area contributed by atoms with E-state index in [-0.39, 0.29) is 17.9 Å². The lowest BCUT2D eigenvalue weighted by Gasteiger charge is -2.34. The number of likely N-dealkylation sites (N-methyl/N-ethyl adjacent to an activating group) is 1. The Labute approximate surface area is 158 Å². The van der Waals surface area contributed by atoms with E-state index in [0.717, 1.165) is 32.5 Å². The third-order valence-corrected chi connectivity index (χ3v) is 5.15. The number of amides is 1. The van der Waals surface area contributed by atoms with Crippen molar-refractivity contribution in [2.24, 2.45) is 5.92 Å². The Balaban J connectivity index is 1.46. The highest BCUT2D eigenvalue weighted by Gasteiger charge is 2.22. The van der Waals surface area contributed by atoms with Crippen molar-refractivity contribution >= 4 is 5.91 Å². The van der Waals surface area contributed by atoms with Gasteiger partial charge in [0, 0.05) is 31.9 Å². The van der Waals surface area contributed by atoms with Gasteiger partial charge in [0.15, 0.2) is 0 Å². The molecule has 3 rings (SSSR count). The van der Waals surface area contributed by atoms with E-state index < -0.39 is 11.2 Å². The van der Waals surface area contributed by atoms with Gasteiger partial charge in [-0.05, 0) is 37.4 Å². The number of hydrogen-bond acceptors (Lipinski definition) is 4. The molecule has 1 fully saturated rings. The fraction of sp³-hybridized carbons (Fsp3) is 0.450. The largest absolute Gasteiger partial charge is 0.345 e. The Bertz CT molecular complexity index is 867. The topological polar surface area (TPSA) is 89.3 Å². The van der Waals surface area contributed by atoms with Gasteiger partial charge in [0.1, 0.15) is 0 Å². The van der Waals surface area contributed by atoms with Crippen LogP contribution in [0.1, 0.15) is 24.0 Å². The molecular weight excluding hydrogens is 344 g/mol. The number of hydrogen-bond donors (Lipinski definition) is 2. The van der Waals surface area contributed by atoms with Gasteiger partial charge in [0.25, 0.3) is 5.56 Å². The lowest BCUT2D eigenvalue weighted by atomic mass is 9.95. The monoisotopic (exact) mass is 370 g/mol. The number of benzene rings is 1. The zero-order valence-electron chi connectivity index (χ0n) is 15.6. The molecule has 0 atom stereocenters. The van der Waals surface area contributed by atoms with Crippen LogP contribution < -0.4 is 11.2 Å². The summed E-state index contributed by atoms with van der Waals surface area (Å²) >= 11 is 0. The van der Waals surface area contributed by atoms with Crippen LogP contribution in [-0.4, -0.2) is 52.4 Å². The number of aromatic nitrogens is 2. The molecule has 1 aromatic heterocycles. The lowest BCUT2D eigenvalue weighted by Crippen LogP contribution is -2.40. The minimum atomic E-state index is -0.563. The van der Waals surface area contributed by atoms with Crippen molar-refractivity contribution < 1.29 is 4.79 Å². The summed E-state index contributed by atoms with van der Waals surface area (Å²) in [7, 11) is 1.78. The van der Waals surface area contributed by atoms with Gasteiger partial charge < -0.3 is 9.88 Å². The number of rotatable bonds is 6. The van der Waals surface area contributed by atoms with Gasteiger partial charge in [0.2, 0.25) is 5.91 Å². The highest BCUT2D eigenvalue weighted by Crippen LogP contribution is 2.20. The van der Waals surface area contributed by atoms with Crippen molar-refractivity contribution in [3.63, 3.8) is 0 Å². The molecule has 0 spiro atoms. The van der Waals surface area contributed by atoms with Crippen molar-refractivity contribution in [3.8, 4) is 0 Å². The molecule has 144 valence electrons. The highest BCUT2D eigenvalue weighted by molar-refractivity contribution is 5.78. The molecule has 0 saturated carbocycles. The molecule has 1 saturated heterocycles. The van der Waals surface area contributed by atoms with Crippen LogP contribution in [0, 0.1) is 5.92 Å². The van der Waals surface area contributed by atoms with E-state index in [2.05, 4.69) is 39.1 Å². The van der Waals surface area contributed by atoms with Crippen molar-refractivity contribution in [1.29, 1.82) is 0 Å². The molecule has 1 amide bonds. The summed E-state index contributed by atoms with van der Waals surface area (Å²) in [6, 6.07) is 10.5. The first-order valence-electron chi connectivity index (χ1n) is 9.32. The molecule has 27 heavy (non-hydrogen) atoms. The second kappa shape index (κ2) is 8.81. The van der Waals surface area contributed by atoms with Crippen LogP contribution in [0.5, 0.6) is 0 Å². The van der Waals surface area contributed by atoms with Crippen molar-refractivity contribution in [3.05, 3.63) is 68.5 Å². The first-order chi connectivity index (χ1) is 13.0. The van der Waals surface area contributed by atoms with Gasteiger partial charge in [-0.25, -0.2) is 4.79 Å². The number of piperidine rings is 1. The predicted molar refractivity (Wildman–Crippen MR) is 103 cm³/mol. The fourth-order valence-corrected chi connectivity index (χ4v) is 3.52. The lowest BCUT2D eigenvalue weighted by molar-refractivity contribution is -0.130. The minimum Gasteiger partial charge on any atom is -0.345 e. The molecule has 0 unspecified atom stereocenters. The maximum Gasteiger partial charge on any atom is 0.325 e. The molecule has 0 radical (unpaired) electrons. The minimum absolute atomic E-state index is 0.00450. The molecule has 1 aliphatic heterocycles. The fourth-order valence-electron chi connectivity index (χ4n) is 3.52. The second-order valence-electron chi connectivity index (χ2n) is 7.25. The van der Waals surface area contributed by atoms with Crippen LogP contribution in [0.3, 0.4) is 0 Å². The molecule has 1 aromatic carbocycles. The van der Waals surface area contributed by atoms with Crippen LogP contribution in [0.15, 0.2) is 46.1 Å². The Morgan fingerprint density at radius 3 is 2.56 bits per heavy atom. The van der Waals surface area contributed by atoms with Crippen LogP contribution in [0.4, 0.5) is 0 Å². The molecule has 7 nitrogen and oxygen atoms in total. The summed E-state index contributed by atoms with van der Waals surface area (Å²) in [5.41, 5.74) is 0.542. The summed E-state index contributed by atoms with van der Waals surface area (Å²) in [6.45, 7) is 3.72. The quantitative estimate of drug-likeness (QED) is 0.793. The number of likely N-dealkylation sites (tertiary alicyclic amines) is 1. The van der Waals surface area contributed by atoms with Crippen LogP contribution >= 0.6 is 0 Å². The van der Waals surface area contributed by atoms with Crippen LogP contribution in [-0.2, 0) is 17.8 Å². The first kappa shape index (κ1) is 19.1. The Morgan fingerprint density at radius 2 is 1.89 bits per heavy atom. The summed E-state index contributed by atoms with van der Waals surface area (Å²) in [5, 5.41) is 0. The SMILES string of the molecule is CN(CC1CCN(Cc2ccccc2)CC1)C(=O)Cc1c[nH]c(=O)[nH]c1=O. The first-order valence-corrected chi connectivity index (χ1v) is 9.32. The Morgan fingerprint density at radius 1 is 1.19 bits per heavy atom. The smallest absolute Gasteiger partial charge is 0.325 e. The third-order valence-electron chi connectivity index (χ3n) is 5.15. The summed E-state index contributed by atoms with van der Waals surface area (Å²) in [6.07, 6.45) is 3.43. The molecule has 2 N–H and O–H groups in total. The highest BCUT2D eigenvalue weighted by atomic mass is 16.2. The maximum absolute atomic E-state index is 12.4. The molecular formula is C20H26N4O3. The molecule has 1 aliphatic rings. The number of nitrogens with one attached hydrogen (secondary N) is 2. The number of H-pyrrole nitrogens is 2. The van der Waals surface area contributed by atoms with E-state index in [1.807, 2.05) is 6.07 Å². The van der Waals surface area contributed by atoms with Crippen molar-refractivity contribution in [2.75, 3.05) is 26.7 Å². The number of nitrogens with zero attached hydrogens (tertiary/aromatic N) is 2. The number of carbonyl (C=O) groups is 1. The van der Waals surface area contributed by atoms with Gasteiger partial charge in [-0.3, -0.25) is 19.5 Å². The third kappa shape index (κ3) is 5.40. The average Bonchev–Trinajstić information content (AvgIpc) is 2.66. The summed E-state index contributed by atoms with van der Waals surface area (Å²) in [5.74, 6) is 0.360. The zero-order chi connectivity index (χ0) is 19.2. The average molecular weight is 370 g/mol. The van der Waals surface area contributed by atoms with Gasteiger partial charge >= 0.3 is 5.69 Å². The van der Waals surface area contributed by atoms with E-state index in [1.165, 1.54) is 11.8 Å². The summed E-state index contributed by atoms with van der Waals surface area (Å²) < 4.78 is 0. The molecule has 0 aliphatic carbocycles. The maximum atomic E-state index is 12.4. The summed E-state index contributed by atoms with van der Waals surface area (Å²) in [4.78, 5) is 43.9. The number of aromatic amines is 2. The van der Waals surface area contributed by atoms with Gasteiger partial charge in [0.05, 0.1) is 6.42 Å². The van der Waals surface area contributed by atoms with E-state index in [1.54, 1.807) is 11.9 Å².